The maximum Gasteiger partial charge on any atom is 0.236 e. The lowest BCUT2D eigenvalue weighted by Gasteiger charge is -2.12. The van der Waals surface area contributed by atoms with Gasteiger partial charge in [0.1, 0.15) is 0 Å². The lowest BCUT2D eigenvalue weighted by atomic mass is 10.3. The molecule has 0 radical (unpaired) electrons. The van der Waals surface area contributed by atoms with E-state index in [0.717, 1.165) is 0 Å². The van der Waals surface area contributed by atoms with Crippen LogP contribution < -0.4 is 0 Å². The molecule has 0 heterocycles. The van der Waals surface area contributed by atoms with Gasteiger partial charge in [-0.1, -0.05) is 6.92 Å². The Hall–Kier alpha value is 0.530. The first kappa shape index (κ1) is 10.5. The summed E-state index contributed by atoms with van der Waals surface area (Å²) < 4.78 is 21.4. The van der Waals surface area contributed by atoms with Gasteiger partial charge in [0.05, 0.1) is 5.25 Å². The summed E-state index contributed by atoms with van der Waals surface area (Å²) in [6, 6.07) is 0. The van der Waals surface area contributed by atoms with E-state index in [4.69, 9.17) is 22.3 Å². The fraction of sp³-hybridized carbons (Fsp3) is 1.00. The minimum absolute atomic E-state index is 0.424. The Bertz CT molecular complexity index is 186. The van der Waals surface area contributed by atoms with E-state index in [-0.39, 0.29) is 0 Å². The highest BCUT2D eigenvalue weighted by Crippen LogP contribution is 2.18. The van der Waals surface area contributed by atoms with Gasteiger partial charge in [0.15, 0.2) is 0 Å². The Kier molecular flexibility index (Phi) is 3.99. The molecule has 0 aromatic heterocycles. The van der Waals surface area contributed by atoms with Gasteiger partial charge in [0.25, 0.3) is 0 Å². The summed E-state index contributed by atoms with van der Waals surface area (Å²) in [5.74, 6) is 0. The lowest BCUT2D eigenvalue weighted by molar-refractivity contribution is 0.587. The van der Waals surface area contributed by atoms with Crippen molar-refractivity contribution >= 4 is 31.3 Å². The molecule has 5 heteroatoms. The second kappa shape index (κ2) is 3.79. The van der Waals surface area contributed by atoms with Gasteiger partial charge in [-0.3, -0.25) is 0 Å². The summed E-state index contributed by atoms with van der Waals surface area (Å²) in [5, 5.41) is -1.05. The molecule has 0 spiro atoms. The van der Waals surface area contributed by atoms with Crippen molar-refractivity contribution in [3.63, 3.8) is 0 Å². The van der Waals surface area contributed by atoms with Crippen LogP contribution in [0.3, 0.4) is 0 Å². The Labute approximate surface area is 70.9 Å². The molecule has 0 aromatic carbocycles. The smallest absolute Gasteiger partial charge is 0.212 e. The summed E-state index contributed by atoms with van der Waals surface area (Å²) in [5.41, 5.74) is 0. The number of alkyl halides is 1. The molecule has 0 aromatic rings. The Morgan fingerprint density at radius 3 is 1.90 bits per heavy atom. The third-order valence-electron chi connectivity index (χ3n) is 1.28. The van der Waals surface area contributed by atoms with Crippen LogP contribution in [-0.2, 0) is 9.05 Å². The van der Waals surface area contributed by atoms with Gasteiger partial charge in [-0.2, -0.15) is 0 Å². The van der Waals surface area contributed by atoms with Gasteiger partial charge in [0, 0.05) is 16.1 Å². The molecule has 0 fully saturated rings. The predicted molar refractivity (Wildman–Crippen MR) is 44.2 cm³/mol. The Morgan fingerprint density at radius 1 is 1.50 bits per heavy atom. The molecule has 0 amide bonds. The third kappa shape index (κ3) is 3.08. The van der Waals surface area contributed by atoms with Crippen molar-refractivity contribution in [1.82, 2.24) is 0 Å². The van der Waals surface area contributed by atoms with E-state index in [2.05, 4.69) is 0 Å². The third-order valence-corrected chi connectivity index (χ3v) is 3.88. The van der Waals surface area contributed by atoms with Gasteiger partial charge >= 0.3 is 0 Å². The second-order valence-electron chi connectivity index (χ2n) is 2.10. The molecule has 0 saturated carbocycles. The summed E-state index contributed by atoms with van der Waals surface area (Å²) in [6.07, 6.45) is 0.455. The maximum atomic E-state index is 10.7. The van der Waals surface area contributed by atoms with E-state index in [1.807, 2.05) is 0 Å². The summed E-state index contributed by atoms with van der Waals surface area (Å²) in [4.78, 5) is 0. The fourth-order valence-corrected chi connectivity index (χ4v) is 3.18. The predicted octanol–water partition coefficient (Wildman–Crippen LogP) is 1.96. The monoisotopic (exact) mass is 204 g/mol. The van der Waals surface area contributed by atoms with Gasteiger partial charge in [0.2, 0.25) is 9.05 Å². The first-order valence-electron chi connectivity index (χ1n) is 2.97. The molecule has 10 heavy (non-hydrogen) atoms. The van der Waals surface area contributed by atoms with Crippen LogP contribution in [-0.4, -0.2) is 19.0 Å². The SMILES string of the molecule is CCC(C(C)Cl)S(=O)(=O)Cl. The molecule has 62 valence electrons. The Balaban J connectivity index is 4.38. The molecule has 0 N–H and O–H groups in total. The van der Waals surface area contributed by atoms with Crippen LogP contribution in [0.4, 0.5) is 0 Å². The van der Waals surface area contributed by atoms with Gasteiger partial charge in [-0.15, -0.1) is 11.6 Å². The first-order chi connectivity index (χ1) is 4.39. The number of rotatable bonds is 3. The van der Waals surface area contributed by atoms with Crippen molar-refractivity contribution < 1.29 is 8.42 Å². The van der Waals surface area contributed by atoms with Crippen molar-refractivity contribution in [3.8, 4) is 0 Å². The molecule has 0 aliphatic carbocycles. The van der Waals surface area contributed by atoms with Crippen LogP contribution in [0.25, 0.3) is 0 Å². The zero-order chi connectivity index (χ0) is 8.36. The molecule has 2 nitrogen and oxygen atoms in total. The molecule has 0 saturated heterocycles. The second-order valence-corrected chi connectivity index (χ2v) is 5.64. The normalized spacial score (nSPS) is 18.4. The van der Waals surface area contributed by atoms with Crippen LogP contribution in [0.15, 0.2) is 0 Å². The topological polar surface area (TPSA) is 34.1 Å². The molecule has 0 aliphatic heterocycles. The standard InChI is InChI=1S/C5H10Cl2O2S/c1-3-5(4(2)6)10(7,8)9/h4-5H,3H2,1-2H3. The zero-order valence-corrected chi connectivity index (χ0v) is 8.17. The van der Waals surface area contributed by atoms with Crippen molar-refractivity contribution in [2.45, 2.75) is 30.9 Å². The average Bonchev–Trinajstić information content (AvgIpc) is 1.60. The summed E-state index contributed by atoms with van der Waals surface area (Å²) in [6.45, 7) is 3.36. The minimum Gasteiger partial charge on any atom is -0.212 e. The minimum atomic E-state index is -3.47. The van der Waals surface area contributed by atoms with Crippen LogP contribution in [0.2, 0.25) is 0 Å². The summed E-state index contributed by atoms with van der Waals surface area (Å²) in [7, 11) is 1.61. The highest BCUT2D eigenvalue weighted by Gasteiger charge is 2.25. The van der Waals surface area contributed by atoms with E-state index in [0.29, 0.717) is 6.42 Å². The van der Waals surface area contributed by atoms with Crippen molar-refractivity contribution in [2.24, 2.45) is 0 Å². The zero-order valence-electron chi connectivity index (χ0n) is 5.84. The highest BCUT2D eigenvalue weighted by molar-refractivity contribution is 8.14. The van der Waals surface area contributed by atoms with E-state index >= 15 is 0 Å². The van der Waals surface area contributed by atoms with Gasteiger partial charge < -0.3 is 0 Å². The number of hydrogen-bond acceptors (Lipinski definition) is 2. The molecule has 2 atom stereocenters. The quantitative estimate of drug-likeness (QED) is 0.521. The largest absolute Gasteiger partial charge is 0.236 e. The molecule has 0 bridgehead atoms. The molecular formula is C5H10Cl2O2S. The van der Waals surface area contributed by atoms with E-state index in [9.17, 15) is 8.42 Å². The van der Waals surface area contributed by atoms with E-state index in [1.165, 1.54) is 0 Å². The molecule has 2 unspecified atom stereocenters. The van der Waals surface area contributed by atoms with Crippen LogP contribution in [0.1, 0.15) is 20.3 Å². The number of halogens is 2. The van der Waals surface area contributed by atoms with Gasteiger partial charge in [-0.05, 0) is 13.3 Å². The van der Waals surface area contributed by atoms with Crippen LogP contribution in [0.5, 0.6) is 0 Å². The van der Waals surface area contributed by atoms with Crippen LogP contribution in [0, 0.1) is 0 Å². The van der Waals surface area contributed by atoms with Gasteiger partial charge in [-0.25, -0.2) is 8.42 Å². The molecule has 0 rings (SSSR count). The Morgan fingerprint density at radius 2 is 1.90 bits per heavy atom. The van der Waals surface area contributed by atoms with E-state index in [1.54, 1.807) is 13.8 Å². The number of hydrogen-bond donors (Lipinski definition) is 0. The van der Waals surface area contributed by atoms with Crippen molar-refractivity contribution in [2.75, 3.05) is 0 Å². The lowest BCUT2D eigenvalue weighted by Crippen LogP contribution is -2.23. The van der Waals surface area contributed by atoms with E-state index < -0.39 is 19.7 Å². The highest BCUT2D eigenvalue weighted by atomic mass is 35.7. The molecule has 0 aliphatic rings. The van der Waals surface area contributed by atoms with Crippen molar-refractivity contribution in [3.05, 3.63) is 0 Å². The fourth-order valence-electron chi connectivity index (χ4n) is 0.748. The summed E-state index contributed by atoms with van der Waals surface area (Å²) >= 11 is 5.56. The average molecular weight is 205 g/mol. The molecular weight excluding hydrogens is 195 g/mol. The van der Waals surface area contributed by atoms with Crippen LogP contribution >= 0.6 is 22.3 Å². The van der Waals surface area contributed by atoms with Crippen molar-refractivity contribution in [1.29, 1.82) is 0 Å². The first-order valence-corrected chi connectivity index (χ1v) is 5.78. The maximum absolute atomic E-state index is 10.7.